The minimum absolute atomic E-state index is 0.0356. The van der Waals surface area contributed by atoms with Crippen LogP contribution in [-0.4, -0.2) is 18.0 Å². The molecule has 1 aromatic carbocycles. The standard InChI is InChI=1S/C16H25N3O/c1-4-5-14-10-15(19-18-14)16(20)17-13-8-6-12(7-9-13)11(2)3/h6-9,11,14-15,18-19H,4-5,10H2,1-3H3,(H,17,20). The van der Waals surface area contributed by atoms with Crippen molar-refractivity contribution < 1.29 is 4.79 Å². The van der Waals surface area contributed by atoms with Crippen LogP contribution in [0, 0.1) is 0 Å². The Bertz CT molecular complexity index is 442. The van der Waals surface area contributed by atoms with Crippen molar-refractivity contribution in [2.45, 2.75) is 58.0 Å². The second-order valence-corrected chi connectivity index (χ2v) is 5.83. The molecule has 1 fully saturated rings. The van der Waals surface area contributed by atoms with Gasteiger partial charge in [0.05, 0.1) is 0 Å². The molecule has 1 aliphatic rings. The quantitative estimate of drug-likeness (QED) is 0.774. The highest BCUT2D eigenvalue weighted by atomic mass is 16.2. The van der Waals surface area contributed by atoms with Crippen molar-refractivity contribution in [3.8, 4) is 0 Å². The van der Waals surface area contributed by atoms with Crippen molar-refractivity contribution in [2.75, 3.05) is 5.32 Å². The Morgan fingerprint density at radius 2 is 2.00 bits per heavy atom. The fourth-order valence-corrected chi connectivity index (χ4v) is 2.51. The first kappa shape index (κ1) is 15.0. The molecule has 2 unspecified atom stereocenters. The highest BCUT2D eigenvalue weighted by molar-refractivity contribution is 5.95. The van der Waals surface area contributed by atoms with Gasteiger partial charge in [-0.2, -0.15) is 0 Å². The van der Waals surface area contributed by atoms with Gasteiger partial charge in [0.1, 0.15) is 6.04 Å². The monoisotopic (exact) mass is 275 g/mol. The molecule has 4 heteroatoms. The van der Waals surface area contributed by atoms with E-state index >= 15 is 0 Å². The predicted molar refractivity (Wildman–Crippen MR) is 82.5 cm³/mol. The van der Waals surface area contributed by atoms with Crippen molar-refractivity contribution in [3.05, 3.63) is 29.8 Å². The molecule has 1 saturated heterocycles. The number of nitrogens with one attached hydrogen (secondary N) is 3. The summed E-state index contributed by atoms with van der Waals surface area (Å²) in [7, 11) is 0. The zero-order valence-corrected chi connectivity index (χ0v) is 12.6. The van der Waals surface area contributed by atoms with E-state index in [1.54, 1.807) is 0 Å². The molecule has 1 aliphatic heterocycles. The third kappa shape index (κ3) is 3.81. The molecule has 1 aromatic rings. The number of benzene rings is 1. The lowest BCUT2D eigenvalue weighted by atomic mass is 10.0. The van der Waals surface area contributed by atoms with Crippen LogP contribution in [-0.2, 0) is 4.79 Å². The Balaban J connectivity index is 1.88. The minimum atomic E-state index is -0.142. The highest BCUT2D eigenvalue weighted by Gasteiger charge is 2.28. The number of rotatable bonds is 5. The number of carbonyl (C=O) groups excluding carboxylic acids is 1. The van der Waals surface area contributed by atoms with E-state index in [4.69, 9.17) is 0 Å². The Labute approximate surface area is 121 Å². The van der Waals surface area contributed by atoms with E-state index in [1.165, 1.54) is 5.56 Å². The van der Waals surface area contributed by atoms with Crippen LogP contribution in [0.5, 0.6) is 0 Å². The van der Waals surface area contributed by atoms with Gasteiger partial charge in [-0.1, -0.05) is 39.3 Å². The lowest BCUT2D eigenvalue weighted by Gasteiger charge is -2.12. The van der Waals surface area contributed by atoms with E-state index in [0.717, 1.165) is 24.9 Å². The number of carbonyl (C=O) groups is 1. The van der Waals surface area contributed by atoms with Crippen molar-refractivity contribution in [3.63, 3.8) is 0 Å². The minimum Gasteiger partial charge on any atom is -0.325 e. The van der Waals surface area contributed by atoms with E-state index in [9.17, 15) is 4.79 Å². The van der Waals surface area contributed by atoms with Gasteiger partial charge in [0.15, 0.2) is 0 Å². The van der Waals surface area contributed by atoms with Crippen molar-refractivity contribution in [1.29, 1.82) is 0 Å². The smallest absolute Gasteiger partial charge is 0.242 e. The molecule has 0 radical (unpaired) electrons. The fourth-order valence-electron chi connectivity index (χ4n) is 2.51. The third-order valence-electron chi connectivity index (χ3n) is 3.78. The van der Waals surface area contributed by atoms with Crippen LogP contribution in [0.25, 0.3) is 0 Å². The summed E-state index contributed by atoms with van der Waals surface area (Å²) < 4.78 is 0. The van der Waals surface area contributed by atoms with Gasteiger partial charge in [0.25, 0.3) is 0 Å². The summed E-state index contributed by atoms with van der Waals surface area (Å²) in [4.78, 5) is 12.2. The molecule has 2 rings (SSSR count). The van der Waals surface area contributed by atoms with Crippen molar-refractivity contribution in [1.82, 2.24) is 10.9 Å². The summed E-state index contributed by atoms with van der Waals surface area (Å²) in [5, 5.41) is 2.97. The van der Waals surface area contributed by atoms with Crippen LogP contribution in [0.1, 0.15) is 51.5 Å². The van der Waals surface area contributed by atoms with Gasteiger partial charge in [-0.25, -0.2) is 5.43 Å². The molecule has 0 aromatic heterocycles. The van der Waals surface area contributed by atoms with Gasteiger partial charge >= 0.3 is 0 Å². The lowest BCUT2D eigenvalue weighted by molar-refractivity contribution is -0.117. The van der Waals surface area contributed by atoms with Crippen LogP contribution in [0.4, 0.5) is 5.69 Å². The third-order valence-corrected chi connectivity index (χ3v) is 3.78. The summed E-state index contributed by atoms with van der Waals surface area (Å²) >= 11 is 0. The van der Waals surface area contributed by atoms with Crippen LogP contribution in [0.3, 0.4) is 0 Å². The summed E-state index contributed by atoms with van der Waals surface area (Å²) in [6.07, 6.45) is 3.08. The molecular formula is C16H25N3O. The van der Waals surface area contributed by atoms with Gasteiger partial charge in [-0.3, -0.25) is 10.2 Å². The molecule has 2 atom stereocenters. The molecule has 0 bridgehead atoms. The van der Waals surface area contributed by atoms with Crippen LogP contribution < -0.4 is 16.2 Å². The Kier molecular flexibility index (Phi) is 5.15. The molecule has 20 heavy (non-hydrogen) atoms. The van der Waals surface area contributed by atoms with Gasteiger partial charge in [0, 0.05) is 11.7 Å². The summed E-state index contributed by atoms with van der Waals surface area (Å²) in [6.45, 7) is 6.48. The first-order chi connectivity index (χ1) is 9.60. The molecule has 3 N–H and O–H groups in total. The number of anilines is 1. The second-order valence-electron chi connectivity index (χ2n) is 5.83. The Morgan fingerprint density at radius 1 is 1.30 bits per heavy atom. The van der Waals surface area contributed by atoms with E-state index in [0.29, 0.717) is 12.0 Å². The first-order valence-corrected chi connectivity index (χ1v) is 7.52. The lowest BCUT2D eigenvalue weighted by Crippen LogP contribution is -2.40. The van der Waals surface area contributed by atoms with Gasteiger partial charge in [-0.05, 0) is 36.5 Å². The molecule has 4 nitrogen and oxygen atoms in total. The maximum absolute atomic E-state index is 12.2. The SMILES string of the molecule is CCCC1CC(C(=O)Nc2ccc(C(C)C)cc2)NN1. The fraction of sp³-hybridized carbons (Fsp3) is 0.562. The maximum atomic E-state index is 12.2. The van der Waals surface area contributed by atoms with Gasteiger partial charge in [-0.15, -0.1) is 0 Å². The molecule has 1 amide bonds. The zero-order valence-electron chi connectivity index (χ0n) is 12.6. The first-order valence-electron chi connectivity index (χ1n) is 7.52. The molecule has 0 saturated carbocycles. The predicted octanol–water partition coefficient (Wildman–Crippen LogP) is 2.78. The van der Waals surface area contributed by atoms with Crippen LogP contribution >= 0.6 is 0 Å². The summed E-state index contributed by atoms with van der Waals surface area (Å²) in [6, 6.07) is 8.34. The van der Waals surface area contributed by atoms with Crippen molar-refractivity contribution >= 4 is 11.6 Å². The largest absolute Gasteiger partial charge is 0.325 e. The topological polar surface area (TPSA) is 53.2 Å². The number of hydrogen-bond acceptors (Lipinski definition) is 3. The van der Waals surface area contributed by atoms with Crippen LogP contribution in [0.2, 0.25) is 0 Å². The normalized spacial score (nSPS) is 22.2. The maximum Gasteiger partial charge on any atom is 0.242 e. The summed E-state index contributed by atoms with van der Waals surface area (Å²) in [5.41, 5.74) is 8.41. The second kappa shape index (κ2) is 6.86. The van der Waals surface area contributed by atoms with Gasteiger partial charge in [0.2, 0.25) is 5.91 Å². The van der Waals surface area contributed by atoms with Crippen molar-refractivity contribution in [2.24, 2.45) is 0 Å². The molecular weight excluding hydrogens is 250 g/mol. The number of hydrazine groups is 1. The average molecular weight is 275 g/mol. The molecule has 110 valence electrons. The van der Waals surface area contributed by atoms with E-state index in [2.05, 4.69) is 49.1 Å². The van der Waals surface area contributed by atoms with E-state index < -0.39 is 0 Å². The summed E-state index contributed by atoms with van der Waals surface area (Å²) in [5.74, 6) is 0.545. The number of hydrogen-bond donors (Lipinski definition) is 3. The van der Waals surface area contributed by atoms with E-state index in [1.807, 2.05) is 12.1 Å². The molecule has 0 aliphatic carbocycles. The van der Waals surface area contributed by atoms with Crippen LogP contribution in [0.15, 0.2) is 24.3 Å². The van der Waals surface area contributed by atoms with E-state index in [-0.39, 0.29) is 11.9 Å². The Morgan fingerprint density at radius 3 is 2.60 bits per heavy atom. The Hall–Kier alpha value is -1.39. The number of amides is 1. The average Bonchev–Trinajstić information content (AvgIpc) is 2.88. The molecule has 1 heterocycles. The zero-order chi connectivity index (χ0) is 14.5. The highest BCUT2D eigenvalue weighted by Crippen LogP contribution is 2.18. The molecule has 0 spiro atoms. The van der Waals surface area contributed by atoms with Gasteiger partial charge < -0.3 is 5.32 Å².